The Morgan fingerprint density at radius 1 is 0.931 bits per heavy atom. The van der Waals surface area contributed by atoms with E-state index in [-0.39, 0.29) is 17.1 Å². The Morgan fingerprint density at radius 2 is 1.48 bits per heavy atom. The first kappa shape index (κ1) is 20.2. The third-order valence-corrected chi connectivity index (χ3v) is 3.65. The Morgan fingerprint density at radius 3 is 2.03 bits per heavy atom. The summed E-state index contributed by atoms with van der Waals surface area (Å²) in [5, 5.41) is 7.58. The van der Waals surface area contributed by atoms with Crippen LogP contribution in [0.15, 0.2) is 30.3 Å². The van der Waals surface area contributed by atoms with Crippen LogP contribution in [0, 0.1) is 29.1 Å². The maximum Gasteiger partial charge on any atom is 0.387 e. The Labute approximate surface area is 157 Å². The number of aromatic amines is 1. The van der Waals surface area contributed by atoms with Gasteiger partial charge in [-0.05, 0) is 30.3 Å². The lowest BCUT2D eigenvalue weighted by atomic mass is 10.1. The highest BCUT2D eigenvalue weighted by atomic mass is 19.3. The maximum absolute atomic E-state index is 13.7. The van der Waals surface area contributed by atoms with E-state index >= 15 is 0 Å². The van der Waals surface area contributed by atoms with E-state index in [4.69, 9.17) is 0 Å². The number of hydrogen-bond donors (Lipinski definition) is 2. The Kier molecular flexibility index (Phi) is 5.43. The average molecular weight is 419 g/mol. The minimum atomic E-state index is -3.01. The number of hydrogen-bond acceptors (Lipinski definition) is 3. The first-order valence-electron chi connectivity index (χ1n) is 7.62. The first-order chi connectivity index (χ1) is 13.7. The predicted molar refractivity (Wildman–Crippen MR) is 84.8 cm³/mol. The molecule has 0 radical (unpaired) electrons. The Hall–Kier alpha value is -3.57. The van der Waals surface area contributed by atoms with Gasteiger partial charge in [-0.2, -0.15) is 13.9 Å². The van der Waals surface area contributed by atoms with Crippen LogP contribution in [-0.4, -0.2) is 22.7 Å². The van der Waals surface area contributed by atoms with Crippen molar-refractivity contribution in [3.63, 3.8) is 0 Å². The fourth-order valence-corrected chi connectivity index (χ4v) is 2.29. The van der Waals surface area contributed by atoms with E-state index in [0.29, 0.717) is 5.56 Å². The zero-order valence-electron chi connectivity index (χ0n) is 13.9. The molecule has 0 unspecified atom stereocenters. The number of halogens is 7. The summed E-state index contributed by atoms with van der Waals surface area (Å²) in [6.07, 6.45) is 0. The molecule has 3 rings (SSSR count). The van der Waals surface area contributed by atoms with Crippen LogP contribution in [0.25, 0.3) is 11.3 Å². The highest BCUT2D eigenvalue weighted by Gasteiger charge is 2.27. The zero-order chi connectivity index (χ0) is 21.3. The summed E-state index contributed by atoms with van der Waals surface area (Å²) in [6.45, 7) is -3.01. The molecule has 0 atom stereocenters. The number of H-pyrrole nitrogens is 1. The molecule has 0 aliphatic heterocycles. The van der Waals surface area contributed by atoms with Crippen molar-refractivity contribution in [3.05, 3.63) is 65.1 Å². The van der Waals surface area contributed by atoms with Crippen molar-refractivity contribution in [2.75, 3.05) is 5.32 Å². The molecule has 12 heteroatoms. The van der Waals surface area contributed by atoms with Crippen LogP contribution >= 0.6 is 0 Å². The van der Waals surface area contributed by atoms with E-state index in [0.717, 1.165) is 6.07 Å². The molecule has 0 aliphatic rings. The molecule has 0 aliphatic carbocycles. The van der Waals surface area contributed by atoms with Crippen molar-refractivity contribution in [1.29, 1.82) is 0 Å². The average Bonchev–Trinajstić information content (AvgIpc) is 3.18. The third kappa shape index (κ3) is 4.00. The SMILES string of the molecule is O=C(Nc1c(F)c(F)c(F)c(F)c1F)c1cc(-c2ccc(OC(F)F)cc2)n[nH]1. The van der Waals surface area contributed by atoms with Gasteiger partial charge in [-0.15, -0.1) is 0 Å². The molecule has 1 amide bonds. The lowest BCUT2D eigenvalue weighted by Gasteiger charge is -2.08. The number of anilines is 1. The maximum atomic E-state index is 13.7. The van der Waals surface area contributed by atoms with Crippen LogP contribution in [0.3, 0.4) is 0 Å². The van der Waals surface area contributed by atoms with Crippen molar-refractivity contribution in [3.8, 4) is 17.0 Å². The van der Waals surface area contributed by atoms with Gasteiger partial charge in [0.25, 0.3) is 5.91 Å². The number of carbonyl (C=O) groups is 1. The second-order valence-electron chi connectivity index (χ2n) is 5.47. The van der Waals surface area contributed by atoms with E-state index in [1.807, 2.05) is 0 Å². The van der Waals surface area contributed by atoms with E-state index in [9.17, 15) is 35.5 Å². The summed E-state index contributed by atoms with van der Waals surface area (Å²) in [5.74, 6) is -12.5. The third-order valence-electron chi connectivity index (χ3n) is 3.65. The lowest BCUT2D eigenvalue weighted by molar-refractivity contribution is -0.0498. The number of carbonyl (C=O) groups excluding carboxylic acids is 1. The second-order valence-corrected chi connectivity index (χ2v) is 5.47. The molecule has 0 saturated heterocycles. The largest absolute Gasteiger partial charge is 0.435 e. The van der Waals surface area contributed by atoms with Crippen molar-refractivity contribution in [2.24, 2.45) is 0 Å². The van der Waals surface area contributed by atoms with Gasteiger partial charge >= 0.3 is 6.61 Å². The van der Waals surface area contributed by atoms with Crippen LogP contribution in [0.1, 0.15) is 10.5 Å². The van der Waals surface area contributed by atoms with Gasteiger partial charge in [0.1, 0.15) is 17.1 Å². The summed E-state index contributed by atoms with van der Waals surface area (Å²) >= 11 is 0. The quantitative estimate of drug-likeness (QED) is 0.360. The predicted octanol–water partition coefficient (Wildman–Crippen LogP) is 4.63. The van der Waals surface area contributed by atoms with Gasteiger partial charge in [-0.1, -0.05) is 0 Å². The molecule has 1 aromatic heterocycles. The summed E-state index contributed by atoms with van der Waals surface area (Å²) in [6, 6.07) is 6.24. The van der Waals surface area contributed by atoms with Gasteiger partial charge < -0.3 is 10.1 Å². The van der Waals surface area contributed by atoms with Crippen LogP contribution in [0.2, 0.25) is 0 Å². The molecule has 0 fully saturated rings. The van der Waals surface area contributed by atoms with Gasteiger partial charge in [0.2, 0.25) is 5.82 Å². The number of alkyl halides is 2. The molecule has 0 bridgehead atoms. The number of nitrogens with zero attached hydrogens (tertiary/aromatic N) is 1. The van der Waals surface area contributed by atoms with Crippen LogP contribution in [0.5, 0.6) is 5.75 Å². The van der Waals surface area contributed by atoms with Gasteiger partial charge in [0.15, 0.2) is 23.3 Å². The van der Waals surface area contributed by atoms with E-state index in [1.54, 1.807) is 5.32 Å². The lowest BCUT2D eigenvalue weighted by Crippen LogP contribution is -2.17. The molecule has 5 nitrogen and oxygen atoms in total. The van der Waals surface area contributed by atoms with Crippen molar-refractivity contribution >= 4 is 11.6 Å². The molecule has 1 heterocycles. The minimum absolute atomic E-state index is 0.122. The number of ether oxygens (including phenoxy) is 1. The number of rotatable bonds is 5. The Bertz CT molecular complexity index is 1040. The molecule has 29 heavy (non-hydrogen) atoms. The smallest absolute Gasteiger partial charge is 0.387 e. The van der Waals surface area contributed by atoms with Gasteiger partial charge in [0, 0.05) is 5.56 Å². The van der Waals surface area contributed by atoms with Gasteiger partial charge in [-0.3, -0.25) is 9.89 Å². The summed E-state index contributed by atoms with van der Waals surface area (Å²) < 4.78 is 95.2. The molecule has 2 aromatic carbocycles. The van der Waals surface area contributed by atoms with Crippen molar-refractivity contribution < 1.29 is 40.3 Å². The summed E-state index contributed by atoms with van der Waals surface area (Å²) in [7, 11) is 0. The molecule has 152 valence electrons. The number of nitrogens with one attached hydrogen (secondary N) is 2. The zero-order valence-corrected chi connectivity index (χ0v) is 13.9. The standard InChI is InChI=1S/C17H8F7N3O2/c18-10-11(19)13(21)15(14(22)12(10)20)25-16(28)9-5-8(26-27-9)6-1-3-7(4-2-6)29-17(23)24/h1-5,17H,(H,25,28)(H,26,27). The number of amides is 1. The molecule has 3 aromatic rings. The molecular formula is C17H8F7N3O2. The van der Waals surface area contributed by atoms with Gasteiger partial charge in [-0.25, -0.2) is 22.0 Å². The van der Waals surface area contributed by atoms with E-state index in [1.165, 1.54) is 24.3 Å². The molecular weight excluding hydrogens is 411 g/mol. The van der Waals surface area contributed by atoms with Crippen molar-refractivity contribution in [1.82, 2.24) is 10.2 Å². The topological polar surface area (TPSA) is 67.0 Å². The molecule has 0 saturated carbocycles. The minimum Gasteiger partial charge on any atom is -0.435 e. The summed E-state index contributed by atoms with van der Waals surface area (Å²) in [5.41, 5.74) is -1.39. The fourth-order valence-electron chi connectivity index (χ4n) is 2.29. The van der Waals surface area contributed by atoms with E-state index < -0.39 is 47.3 Å². The first-order valence-corrected chi connectivity index (χ1v) is 7.62. The van der Waals surface area contributed by atoms with Crippen molar-refractivity contribution in [2.45, 2.75) is 6.61 Å². The van der Waals surface area contributed by atoms with Crippen LogP contribution < -0.4 is 10.1 Å². The highest BCUT2D eigenvalue weighted by molar-refractivity contribution is 6.03. The normalized spacial score (nSPS) is 11.0. The number of aromatic nitrogens is 2. The summed E-state index contributed by atoms with van der Waals surface area (Å²) in [4.78, 5) is 12.1. The van der Waals surface area contributed by atoms with E-state index in [2.05, 4.69) is 14.9 Å². The highest BCUT2D eigenvalue weighted by Crippen LogP contribution is 2.28. The molecule has 0 spiro atoms. The number of benzene rings is 2. The fraction of sp³-hybridized carbons (Fsp3) is 0.0588. The second kappa shape index (κ2) is 7.81. The molecule has 2 N–H and O–H groups in total. The Balaban J connectivity index is 1.82. The van der Waals surface area contributed by atoms with Crippen LogP contribution in [-0.2, 0) is 0 Å². The van der Waals surface area contributed by atoms with Gasteiger partial charge in [0.05, 0.1) is 5.69 Å². The monoisotopic (exact) mass is 419 g/mol. The van der Waals surface area contributed by atoms with Crippen LogP contribution in [0.4, 0.5) is 36.4 Å².